The molecule has 1 N–H and O–H groups in total. The number of nitrogens with one attached hydrogen (secondary N) is 1. The van der Waals surface area contributed by atoms with Crippen molar-refractivity contribution in [3.8, 4) is 0 Å². The Hall–Kier alpha value is -1.95. The summed E-state index contributed by atoms with van der Waals surface area (Å²) < 4.78 is 18.6. The lowest BCUT2D eigenvalue weighted by Crippen LogP contribution is -2.37. The van der Waals surface area contributed by atoms with E-state index in [0.29, 0.717) is 18.8 Å². The fourth-order valence-electron chi connectivity index (χ4n) is 2.44. The Balaban J connectivity index is 1.80. The summed E-state index contributed by atoms with van der Waals surface area (Å²) in [7, 11) is 0. The van der Waals surface area contributed by atoms with Crippen LogP contribution in [0.5, 0.6) is 0 Å². The van der Waals surface area contributed by atoms with Gasteiger partial charge in [-0.3, -0.25) is 9.59 Å². The molecule has 1 aliphatic rings. The number of nitrogens with zero attached hydrogens (tertiary/aromatic N) is 1. The molecule has 1 aromatic carbocycles. The monoisotopic (exact) mass is 308 g/mol. The smallest absolute Gasteiger partial charge is 0.226 e. The summed E-state index contributed by atoms with van der Waals surface area (Å²) in [6.45, 7) is 3.06. The van der Waals surface area contributed by atoms with E-state index in [9.17, 15) is 14.0 Å². The predicted molar refractivity (Wildman–Crippen MR) is 80.9 cm³/mol. The second kappa shape index (κ2) is 7.89. The number of anilines is 1. The lowest BCUT2D eigenvalue weighted by atomic mass is 10.2. The van der Waals surface area contributed by atoms with Gasteiger partial charge in [0.2, 0.25) is 11.8 Å². The molecule has 2 amide bonds. The fraction of sp³-hybridized carbons (Fsp3) is 0.500. The Labute approximate surface area is 129 Å². The third-order valence-electron chi connectivity index (χ3n) is 3.61. The molecular weight excluding hydrogens is 287 g/mol. The molecule has 5 nitrogen and oxygen atoms in total. The lowest BCUT2D eigenvalue weighted by Gasteiger charge is -2.23. The first-order valence-electron chi connectivity index (χ1n) is 7.47. The van der Waals surface area contributed by atoms with Gasteiger partial charge in [0, 0.05) is 38.7 Å². The van der Waals surface area contributed by atoms with Crippen LogP contribution in [0.2, 0.25) is 0 Å². The van der Waals surface area contributed by atoms with E-state index in [1.807, 2.05) is 0 Å². The van der Waals surface area contributed by atoms with Gasteiger partial charge in [0.1, 0.15) is 5.82 Å². The van der Waals surface area contributed by atoms with Crippen LogP contribution in [0.1, 0.15) is 26.2 Å². The summed E-state index contributed by atoms with van der Waals surface area (Å²) in [5, 5.41) is 2.62. The molecule has 1 atom stereocenters. The van der Waals surface area contributed by atoms with Crippen LogP contribution < -0.4 is 5.32 Å². The van der Waals surface area contributed by atoms with Gasteiger partial charge in [0.15, 0.2) is 0 Å². The number of benzene rings is 1. The van der Waals surface area contributed by atoms with Gasteiger partial charge >= 0.3 is 0 Å². The van der Waals surface area contributed by atoms with E-state index in [1.54, 1.807) is 11.0 Å². The predicted octanol–water partition coefficient (Wildman–Crippen LogP) is 2.18. The maximum Gasteiger partial charge on any atom is 0.226 e. The molecule has 1 aliphatic heterocycles. The van der Waals surface area contributed by atoms with Crippen molar-refractivity contribution in [1.82, 2.24) is 4.90 Å². The zero-order valence-corrected chi connectivity index (χ0v) is 12.7. The topological polar surface area (TPSA) is 58.6 Å². The first-order chi connectivity index (χ1) is 10.5. The highest BCUT2D eigenvalue weighted by Gasteiger charge is 2.21. The maximum absolute atomic E-state index is 13.0. The Kier molecular flexibility index (Phi) is 5.89. The van der Waals surface area contributed by atoms with Crippen LogP contribution in [0.15, 0.2) is 24.3 Å². The van der Waals surface area contributed by atoms with E-state index in [0.717, 1.165) is 19.4 Å². The molecule has 0 spiro atoms. The van der Waals surface area contributed by atoms with Gasteiger partial charge in [0.05, 0.1) is 6.10 Å². The molecule has 120 valence electrons. The molecule has 1 aromatic rings. The van der Waals surface area contributed by atoms with Gasteiger partial charge in [-0.05, 0) is 31.0 Å². The van der Waals surface area contributed by atoms with Crippen molar-refractivity contribution in [2.75, 3.05) is 25.0 Å². The summed E-state index contributed by atoms with van der Waals surface area (Å²) in [5.74, 6) is -0.722. The van der Waals surface area contributed by atoms with Crippen molar-refractivity contribution in [3.63, 3.8) is 0 Å². The highest BCUT2D eigenvalue weighted by Crippen LogP contribution is 2.14. The number of ether oxygens (including phenoxy) is 1. The number of hydrogen-bond donors (Lipinski definition) is 1. The van der Waals surface area contributed by atoms with E-state index in [4.69, 9.17) is 4.74 Å². The molecular formula is C16H21FN2O3. The average molecular weight is 308 g/mol. The Bertz CT molecular complexity index is 530. The van der Waals surface area contributed by atoms with Crippen molar-refractivity contribution >= 4 is 17.5 Å². The third kappa shape index (κ3) is 5.11. The van der Waals surface area contributed by atoms with Crippen LogP contribution >= 0.6 is 0 Å². The highest BCUT2D eigenvalue weighted by atomic mass is 19.1. The molecule has 0 saturated carbocycles. The van der Waals surface area contributed by atoms with E-state index < -0.39 is 5.82 Å². The number of hydrogen-bond acceptors (Lipinski definition) is 3. The summed E-state index contributed by atoms with van der Waals surface area (Å²) in [6, 6.07) is 5.72. The first kappa shape index (κ1) is 16.4. The van der Waals surface area contributed by atoms with Crippen LogP contribution in [0.25, 0.3) is 0 Å². The first-order valence-corrected chi connectivity index (χ1v) is 7.47. The van der Waals surface area contributed by atoms with Gasteiger partial charge < -0.3 is 15.0 Å². The minimum Gasteiger partial charge on any atom is -0.376 e. The summed E-state index contributed by atoms with van der Waals surface area (Å²) in [6.07, 6.45) is 2.19. The highest BCUT2D eigenvalue weighted by molar-refractivity contribution is 5.91. The fourth-order valence-corrected chi connectivity index (χ4v) is 2.44. The molecule has 1 heterocycles. The van der Waals surface area contributed by atoms with Crippen molar-refractivity contribution < 1.29 is 18.7 Å². The number of carbonyl (C=O) groups excluding carboxylic acids is 2. The quantitative estimate of drug-likeness (QED) is 0.876. The standard InChI is InChI=1S/C16H21FN2O3/c1-12(20)19(11-15-6-3-9-22-15)8-7-16(21)18-14-5-2-4-13(17)10-14/h2,4-5,10,15H,3,6-9,11H2,1H3,(H,18,21). The Morgan fingerprint density at radius 2 is 2.27 bits per heavy atom. The molecule has 1 saturated heterocycles. The zero-order valence-electron chi connectivity index (χ0n) is 12.7. The van der Waals surface area contributed by atoms with E-state index in [1.165, 1.54) is 25.1 Å². The third-order valence-corrected chi connectivity index (χ3v) is 3.61. The molecule has 2 rings (SSSR count). The summed E-state index contributed by atoms with van der Waals surface area (Å²) in [5.41, 5.74) is 0.415. The van der Waals surface area contributed by atoms with E-state index in [2.05, 4.69) is 5.32 Å². The van der Waals surface area contributed by atoms with E-state index >= 15 is 0 Å². The molecule has 0 bridgehead atoms. The van der Waals surface area contributed by atoms with Crippen LogP contribution in [-0.4, -0.2) is 42.5 Å². The minimum atomic E-state index is -0.401. The minimum absolute atomic E-state index is 0.0650. The molecule has 6 heteroatoms. The van der Waals surface area contributed by atoms with Crippen molar-refractivity contribution in [1.29, 1.82) is 0 Å². The van der Waals surface area contributed by atoms with Gasteiger partial charge in [-0.25, -0.2) is 4.39 Å². The van der Waals surface area contributed by atoms with Crippen LogP contribution in [-0.2, 0) is 14.3 Å². The van der Waals surface area contributed by atoms with Crippen molar-refractivity contribution in [2.45, 2.75) is 32.3 Å². The molecule has 22 heavy (non-hydrogen) atoms. The Morgan fingerprint density at radius 1 is 1.45 bits per heavy atom. The molecule has 0 aliphatic carbocycles. The molecule has 0 aromatic heterocycles. The maximum atomic E-state index is 13.0. The summed E-state index contributed by atoms with van der Waals surface area (Å²) >= 11 is 0. The lowest BCUT2D eigenvalue weighted by molar-refractivity contribution is -0.130. The molecule has 0 radical (unpaired) electrons. The van der Waals surface area contributed by atoms with E-state index in [-0.39, 0.29) is 24.3 Å². The van der Waals surface area contributed by atoms with Gasteiger partial charge in [0.25, 0.3) is 0 Å². The number of carbonyl (C=O) groups is 2. The van der Waals surface area contributed by atoms with Gasteiger partial charge in [-0.15, -0.1) is 0 Å². The zero-order chi connectivity index (χ0) is 15.9. The van der Waals surface area contributed by atoms with Crippen molar-refractivity contribution in [2.24, 2.45) is 0 Å². The normalized spacial score (nSPS) is 17.3. The van der Waals surface area contributed by atoms with Gasteiger partial charge in [-0.2, -0.15) is 0 Å². The second-order valence-corrected chi connectivity index (χ2v) is 5.41. The van der Waals surface area contributed by atoms with Crippen LogP contribution in [0.3, 0.4) is 0 Å². The van der Waals surface area contributed by atoms with Crippen molar-refractivity contribution in [3.05, 3.63) is 30.1 Å². The SMILES string of the molecule is CC(=O)N(CCC(=O)Nc1cccc(F)c1)CC1CCCO1. The van der Waals surface area contributed by atoms with Crippen LogP contribution in [0.4, 0.5) is 10.1 Å². The van der Waals surface area contributed by atoms with Crippen LogP contribution in [0, 0.1) is 5.82 Å². The number of rotatable bonds is 6. The second-order valence-electron chi connectivity index (χ2n) is 5.41. The molecule has 1 unspecified atom stereocenters. The van der Waals surface area contributed by atoms with Gasteiger partial charge in [-0.1, -0.05) is 6.07 Å². The number of halogens is 1. The Morgan fingerprint density at radius 3 is 2.91 bits per heavy atom. The number of amides is 2. The average Bonchev–Trinajstić information content (AvgIpc) is 2.96. The largest absolute Gasteiger partial charge is 0.376 e. The molecule has 1 fully saturated rings. The summed E-state index contributed by atoms with van der Waals surface area (Å²) in [4.78, 5) is 25.1.